The van der Waals surface area contributed by atoms with E-state index in [2.05, 4.69) is 5.32 Å². The van der Waals surface area contributed by atoms with Gasteiger partial charge < -0.3 is 10.1 Å². The third kappa shape index (κ3) is 4.30. The highest BCUT2D eigenvalue weighted by Crippen LogP contribution is 2.12. The van der Waals surface area contributed by atoms with E-state index >= 15 is 0 Å². The Kier molecular flexibility index (Phi) is 4.99. The topological polar surface area (TPSA) is 45.0 Å². The van der Waals surface area contributed by atoms with Crippen molar-refractivity contribution in [2.24, 2.45) is 0 Å². The monoisotopic (exact) mass is 202 g/mol. The Bertz CT molecular complexity index is 349. The molecule has 0 radical (unpaired) electrons. The van der Waals surface area contributed by atoms with Gasteiger partial charge in [-0.05, 0) is 24.7 Å². The second-order valence-electron chi connectivity index (χ2n) is 2.98. The summed E-state index contributed by atoms with van der Waals surface area (Å²) in [7, 11) is 1.91. The SMILES string of the molecule is CNCC=Cc1ccc(OCC#N)cc1. The minimum absolute atomic E-state index is 0.0922. The molecule has 0 amide bonds. The third-order valence-corrected chi connectivity index (χ3v) is 1.82. The summed E-state index contributed by atoms with van der Waals surface area (Å²) in [5.41, 5.74) is 1.12. The molecule has 0 saturated heterocycles. The van der Waals surface area contributed by atoms with Crippen molar-refractivity contribution in [2.45, 2.75) is 0 Å². The predicted molar refractivity (Wildman–Crippen MR) is 60.5 cm³/mol. The number of nitriles is 1. The zero-order valence-electron chi connectivity index (χ0n) is 8.73. The van der Waals surface area contributed by atoms with Crippen LogP contribution in [-0.2, 0) is 0 Å². The summed E-state index contributed by atoms with van der Waals surface area (Å²) in [5.74, 6) is 0.724. The molecular weight excluding hydrogens is 188 g/mol. The Morgan fingerprint density at radius 1 is 1.40 bits per heavy atom. The number of benzene rings is 1. The molecule has 1 aromatic carbocycles. The summed E-state index contributed by atoms with van der Waals surface area (Å²) >= 11 is 0. The molecule has 15 heavy (non-hydrogen) atoms. The van der Waals surface area contributed by atoms with E-state index in [0.717, 1.165) is 17.9 Å². The predicted octanol–water partition coefficient (Wildman–Crippen LogP) is 1.82. The molecule has 1 N–H and O–H groups in total. The Balaban J connectivity index is 2.53. The van der Waals surface area contributed by atoms with E-state index in [9.17, 15) is 0 Å². The van der Waals surface area contributed by atoms with Crippen LogP contribution in [0.2, 0.25) is 0 Å². The van der Waals surface area contributed by atoms with Crippen molar-refractivity contribution in [3.8, 4) is 11.8 Å². The lowest BCUT2D eigenvalue weighted by Gasteiger charge is -2.01. The van der Waals surface area contributed by atoms with Gasteiger partial charge in [0.1, 0.15) is 11.8 Å². The van der Waals surface area contributed by atoms with Gasteiger partial charge in [0.2, 0.25) is 0 Å². The highest BCUT2D eigenvalue weighted by molar-refractivity contribution is 5.50. The number of hydrogen-bond acceptors (Lipinski definition) is 3. The first-order chi connectivity index (χ1) is 7.36. The lowest BCUT2D eigenvalue weighted by atomic mass is 10.2. The number of likely N-dealkylation sites (N-methyl/N-ethyl adjacent to an activating group) is 1. The molecule has 0 fully saturated rings. The van der Waals surface area contributed by atoms with Crippen LogP contribution in [0.15, 0.2) is 30.3 Å². The number of hydrogen-bond donors (Lipinski definition) is 1. The second kappa shape index (κ2) is 6.63. The lowest BCUT2D eigenvalue weighted by molar-refractivity contribution is 0.368. The zero-order chi connectivity index (χ0) is 10.9. The molecule has 0 heterocycles. The molecular formula is C12H14N2O. The first-order valence-corrected chi connectivity index (χ1v) is 4.78. The van der Waals surface area contributed by atoms with Crippen LogP contribution in [0, 0.1) is 11.3 Å². The minimum Gasteiger partial charge on any atom is -0.479 e. The first-order valence-electron chi connectivity index (χ1n) is 4.78. The number of nitrogens with zero attached hydrogens (tertiary/aromatic N) is 1. The molecule has 0 aliphatic rings. The average molecular weight is 202 g/mol. The van der Waals surface area contributed by atoms with Gasteiger partial charge in [-0.25, -0.2) is 0 Å². The van der Waals surface area contributed by atoms with E-state index < -0.39 is 0 Å². The van der Waals surface area contributed by atoms with Crippen molar-refractivity contribution < 1.29 is 4.74 Å². The second-order valence-corrected chi connectivity index (χ2v) is 2.98. The maximum absolute atomic E-state index is 8.33. The lowest BCUT2D eigenvalue weighted by Crippen LogP contribution is -2.03. The van der Waals surface area contributed by atoms with Gasteiger partial charge in [0.05, 0.1) is 0 Å². The van der Waals surface area contributed by atoms with Gasteiger partial charge >= 0.3 is 0 Å². The standard InChI is InChI=1S/C12H14N2O/c1-14-9-2-3-11-4-6-12(7-5-11)15-10-8-13/h2-7,14H,9-10H2,1H3. The van der Waals surface area contributed by atoms with Gasteiger partial charge in [-0.15, -0.1) is 0 Å². The van der Waals surface area contributed by atoms with E-state index in [1.54, 1.807) is 0 Å². The van der Waals surface area contributed by atoms with Gasteiger partial charge in [0.25, 0.3) is 0 Å². The van der Waals surface area contributed by atoms with Gasteiger partial charge in [0, 0.05) is 6.54 Å². The fraction of sp³-hybridized carbons (Fsp3) is 0.250. The van der Waals surface area contributed by atoms with Gasteiger partial charge in [-0.3, -0.25) is 0 Å². The molecule has 3 heteroatoms. The van der Waals surface area contributed by atoms with Crippen LogP contribution in [-0.4, -0.2) is 20.2 Å². The molecule has 0 aliphatic carbocycles. The van der Waals surface area contributed by atoms with Gasteiger partial charge in [-0.2, -0.15) is 5.26 Å². The van der Waals surface area contributed by atoms with Crippen LogP contribution in [0.25, 0.3) is 6.08 Å². The molecule has 0 spiro atoms. The van der Waals surface area contributed by atoms with E-state index in [1.165, 1.54) is 0 Å². The van der Waals surface area contributed by atoms with Crippen molar-refractivity contribution in [3.63, 3.8) is 0 Å². The summed E-state index contributed by atoms with van der Waals surface area (Å²) in [6.07, 6.45) is 4.08. The summed E-state index contributed by atoms with van der Waals surface area (Å²) < 4.78 is 5.14. The number of ether oxygens (including phenoxy) is 1. The van der Waals surface area contributed by atoms with Crippen LogP contribution in [0.5, 0.6) is 5.75 Å². The molecule has 1 rings (SSSR count). The van der Waals surface area contributed by atoms with Crippen LogP contribution in [0.3, 0.4) is 0 Å². The average Bonchev–Trinajstić information content (AvgIpc) is 2.28. The third-order valence-electron chi connectivity index (χ3n) is 1.82. The smallest absolute Gasteiger partial charge is 0.174 e. The normalized spacial score (nSPS) is 10.1. The molecule has 0 bridgehead atoms. The maximum Gasteiger partial charge on any atom is 0.174 e. The minimum atomic E-state index is 0.0922. The molecule has 0 saturated carbocycles. The fourth-order valence-electron chi connectivity index (χ4n) is 1.10. The van der Waals surface area contributed by atoms with E-state index in [1.807, 2.05) is 49.5 Å². The summed E-state index contributed by atoms with van der Waals surface area (Å²) in [4.78, 5) is 0. The fourth-order valence-corrected chi connectivity index (χ4v) is 1.10. The van der Waals surface area contributed by atoms with E-state index in [4.69, 9.17) is 10.00 Å². The molecule has 0 unspecified atom stereocenters. The molecule has 3 nitrogen and oxygen atoms in total. The molecule has 1 aromatic rings. The van der Waals surface area contributed by atoms with Crippen LogP contribution in [0.1, 0.15) is 5.56 Å². The van der Waals surface area contributed by atoms with E-state index in [-0.39, 0.29) is 6.61 Å². The van der Waals surface area contributed by atoms with Gasteiger partial charge in [-0.1, -0.05) is 24.3 Å². The van der Waals surface area contributed by atoms with Crippen molar-refractivity contribution in [2.75, 3.05) is 20.2 Å². The summed E-state index contributed by atoms with van der Waals surface area (Å²) in [6, 6.07) is 9.56. The Hall–Kier alpha value is -1.79. The van der Waals surface area contributed by atoms with Gasteiger partial charge in [0.15, 0.2) is 6.61 Å². The molecule has 0 aromatic heterocycles. The summed E-state index contributed by atoms with van der Waals surface area (Å²) in [5, 5.41) is 11.4. The van der Waals surface area contributed by atoms with Crippen molar-refractivity contribution in [3.05, 3.63) is 35.9 Å². The van der Waals surface area contributed by atoms with Crippen LogP contribution in [0.4, 0.5) is 0 Å². The maximum atomic E-state index is 8.33. The Morgan fingerprint density at radius 2 is 2.13 bits per heavy atom. The Morgan fingerprint density at radius 3 is 2.73 bits per heavy atom. The first kappa shape index (κ1) is 11.3. The van der Waals surface area contributed by atoms with Crippen LogP contribution >= 0.6 is 0 Å². The van der Waals surface area contributed by atoms with Crippen molar-refractivity contribution in [1.29, 1.82) is 5.26 Å². The molecule has 78 valence electrons. The summed E-state index contributed by atoms with van der Waals surface area (Å²) in [6.45, 7) is 0.946. The number of rotatable bonds is 5. The van der Waals surface area contributed by atoms with Crippen molar-refractivity contribution >= 4 is 6.08 Å². The molecule has 0 atom stereocenters. The largest absolute Gasteiger partial charge is 0.479 e. The van der Waals surface area contributed by atoms with Crippen LogP contribution < -0.4 is 10.1 Å². The van der Waals surface area contributed by atoms with E-state index in [0.29, 0.717) is 0 Å². The highest BCUT2D eigenvalue weighted by Gasteiger charge is 1.91. The Labute approximate surface area is 90.0 Å². The quantitative estimate of drug-likeness (QED) is 0.792. The number of nitrogens with one attached hydrogen (secondary N) is 1. The zero-order valence-corrected chi connectivity index (χ0v) is 8.73. The van der Waals surface area contributed by atoms with Crippen molar-refractivity contribution in [1.82, 2.24) is 5.32 Å². The highest BCUT2D eigenvalue weighted by atomic mass is 16.5. The molecule has 0 aliphatic heterocycles.